The number of imidazole rings is 1. The van der Waals surface area contributed by atoms with E-state index in [0.717, 1.165) is 11.9 Å². The molecule has 118 valence electrons. The maximum absolute atomic E-state index is 11.2. The molecule has 0 unspecified atom stereocenters. The molecule has 0 aliphatic rings. The zero-order valence-electron chi connectivity index (χ0n) is 12.7. The number of aliphatic imine (C=N–C) groups is 1. The van der Waals surface area contributed by atoms with E-state index in [1.54, 1.807) is 42.6 Å². The standard InChI is InChI=1S/C17H17N3O3/c1-2-7-23-13-5-3-11(16(21)9-13)10-18-12-4-6-14-15(8-12)20-17(22)19-14/h3-6,8-10,21H,2,7H2,1H3,(H2,19,20,22). The molecule has 0 atom stereocenters. The molecule has 0 saturated carbocycles. The average Bonchev–Trinajstić information content (AvgIpc) is 2.91. The van der Waals surface area contributed by atoms with Crippen molar-refractivity contribution in [1.29, 1.82) is 0 Å². The monoisotopic (exact) mass is 311 g/mol. The number of nitrogens with zero attached hydrogens (tertiary/aromatic N) is 1. The van der Waals surface area contributed by atoms with Crippen molar-refractivity contribution >= 4 is 22.9 Å². The van der Waals surface area contributed by atoms with Gasteiger partial charge in [-0.3, -0.25) is 4.99 Å². The number of rotatable bonds is 5. The van der Waals surface area contributed by atoms with E-state index in [1.165, 1.54) is 0 Å². The zero-order chi connectivity index (χ0) is 16.2. The third-order valence-electron chi connectivity index (χ3n) is 3.33. The average molecular weight is 311 g/mol. The molecule has 0 saturated heterocycles. The molecule has 0 aliphatic carbocycles. The quantitative estimate of drug-likeness (QED) is 0.632. The van der Waals surface area contributed by atoms with Gasteiger partial charge in [-0.15, -0.1) is 0 Å². The van der Waals surface area contributed by atoms with E-state index in [4.69, 9.17) is 4.74 Å². The molecule has 0 fully saturated rings. The summed E-state index contributed by atoms with van der Waals surface area (Å²) >= 11 is 0. The first-order chi connectivity index (χ1) is 11.2. The van der Waals surface area contributed by atoms with Crippen LogP contribution >= 0.6 is 0 Å². The number of phenols is 1. The summed E-state index contributed by atoms with van der Waals surface area (Å²) in [5, 5.41) is 10.0. The Labute approximate surface area is 132 Å². The first-order valence-corrected chi connectivity index (χ1v) is 7.37. The number of aromatic amines is 2. The summed E-state index contributed by atoms with van der Waals surface area (Å²) < 4.78 is 5.46. The fraction of sp³-hybridized carbons (Fsp3) is 0.176. The molecule has 3 aromatic rings. The Balaban J connectivity index is 1.81. The number of nitrogens with one attached hydrogen (secondary N) is 2. The Morgan fingerprint density at radius 2 is 2.00 bits per heavy atom. The smallest absolute Gasteiger partial charge is 0.323 e. The summed E-state index contributed by atoms with van der Waals surface area (Å²) in [6.45, 7) is 2.64. The first kappa shape index (κ1) is 14.9. The minimum atomic E-state index is -0.249. The predicted molar refractivity (Wildman–Crippen MR) is 90.1 cm³/mol. The lowest BCUT2D eigenvalue weighted by atomic mass is 10.2. The van der Waals surface area contributed by atoms with Crippen LogP contribution in [0, 0.1) is 0 Å². The summed E-state index contributed by atoms with van der Waals surface area (Å²) in [5.74, 6) is 0.742. The van der Waals surface area contributed by atoms with E-state index in [0.29, 0.717) is 29.1 Å². The number of aromatic hydroxyl groups is 1. The van der Waals surface area contributed by atoms with Crippen LogP contribution in [0.5, 0.6) is 11.5 Å². The number of aromatic nitrogens is 2. The van der Waals surface area contributed by atoms with Crippen LogP contribution in [0.15, 0.2) is 46.2 Å². The highest BCUT2D eigenvalue weighted by Crippen LogP contribution is 2.24. The van der Waals surface area contributed by atoms with E-state index in [2.05, 4.69) is 15.0 Å². The summed E-state index contributed by atoms with van der Waals surface area (Å²) in [5.41, 5.74) is 2.45. The van der Waals surface area contributed by atoms with Crippen molar-refractivity contribution < 1.29 is 9.84 Å². The van der Waals surface area contributed by atoms with Gasteiger partial charge in [-0.2, -0.15) is 0 Å². The lowest BCUT2D eigenvalue weighted by molar-refractivity contribution is 0.315. The Morgan fingerprint density at radius 3 is 2.78 bits per heavy atom. The molecule has 0 aliphatic heterocycles. The van der Waals surface area contributed by atoms with Crippen molar-refractivity contribution in [3.8, 4) is 11.5 Å². The van der Waals surface area contributed by atoms with Crippen molar-refractivity contribution in [2.75, 3.05) is 6.61 Å². The Bertz CT molecular complexity index is 909. The number of H-pyrrole nitrogens is 2. The minimum absolute atomic E-state index is 0.110. The molecular formula is C17H17N3O3. The topological polar surface area (TPSA) is 90.5 Å². The third kappa shape index (κ3) is 3.42. The molecule has 1 aromatic heterocycles. The van der Waals surface area contributed by atoms with Crippen LogP contribution in [0.2, 0.25) is 0 Å². The lowest BCUT2D eigenvalue weighted by Gasteiger charge is -2.06. The molecule has 0 spiro atoms. The molecule has 6 heteroatoms. The van der Waals surface area contributed by atoms with Gasteiger partial charge < -0.3 is 19.8 Å². The Morgan fingerprint density at radius 1 is 1.17 bits per heavy atom. The van der Waals surface area contributed by atoms with Crippen LogP contribution in [-0.4, -0.2) is 27.9 Å². The summed E-state index contributed by atoms with van der Waals surface area (Å²) in [6.07, 6.45) is 2.48. The van der Waals surface area contributed by atoms with Crippen molar-refractivity contribution in [1.82, 2.24) is 9.97 Å². The van der Waals surface area contributed by atoms with Gasteiger partial charge in [0.15, 0.2) is 0 Å². The Kier molecular flexibility index (Phi) is 4.14. The van der Waals surface area contributed by atoms with Gasteiger partial charge >= 0.3 is 5.69 Å². The largest absolute Gasteiger partial charge is 0.507 e. The van der Waals surface area contributed by atoms with E-state index >= 15 is 0 Å². The van der Waals surface area contributed by atoms with Gasteiger partial charge in [-0.1, -0.05) is 6.92 Å². The number of hydrogen-bond donors (Lipinski definition) is 3. The Hall–Kier alpha value is -3.02. The molecule has 3 N–H and O–H groups in total. The van der Waals surface area contributed by atoms with Gasteiger partial charge in [0.2, 0.25) is 0 Å². The molecule has 3 rings (SSSR count). The molecule has 6 nitrogen and oxygen atoms in total. The predicted octanol–water partition coefficient (Wildman–Crippen LogP) is 3.10. The summed E-state index contributed by atoms with van der Waals surface area (Å²) in [6, 6.07) is 10.5. The van der Waals surface area contributed by atoms with Crippen molar-refractivity contribution in [3.63, 3.8) is 0 Å². The van der Waals surface area contributed by atoms with E-state index < -0.39 is 0 Å². The number of phenolic OH excluding ortho intramolecular Hbond substituents is 1. The van der Waals surface area contributed by atoms with Gasteiger partial charge in [0.1, 0.15) is 11.5 Å². The van der Waals surface area contributed by atoms with Gasteiger partial charge in [-0.25, -0.2) is 4.79 Å². The van der Waals surface area contributed by atoms with Gasteiger partial charge in [0, 0.05) is 17.8 Å². The highest BCUT2D eigenvalue weighted by molar-refractivity contribution is 5.87. The number of fused-ring (bicyclic) bond motifs is 1. The van der Waals surface area contributed by atoms with E-state index in [9.17, 15) is 9.90 Å². The normalized spacial score (nSPS) is 11.3. The molecule has 0 radical (unpaired) electrons. The van der Waals surface area contributed by atoms with Crippen molar-refractivity contribution in [2.24, 2.45) is 4.99 Å². The van der Waals surface area contributed by atoms with Crippen LogP contribution in [0.25, 0.3) is 11.0 Å². The van der Waals surface area contributed by atoms with Crippen molar-refractivity contribution in [2.45, 2.75) is 13.3 Å². The fourth-order valence-electron chi connectivity index (χ4n) is 2.19. The molecule has 1 heterocycles. The van der Waals surface area contributed by atoms with Crippen LogP contribution in [0.1, 0.15) is 18.9 Å². The molecule has 0 bridgehead atoms. The summed E-state index contributed by atoms with van der Waals surface area (Å²) in [7, 11) is 0. The second kappa shape index (κ2) is 6.39. The molecule has 2 aromatic carbocycles. The van der Waals surface area contributed by atoms with Crippen LogP contribution < -0.4 is 10.4 Å². The zero-order valence-corrected chi connectivity index (χ0v) is 12.7. The molecular weight excluding hydrogens is 294 g/mol. The highest BCUT2D eigenvalue weighted by Gasteiger charge is 2.02. The maximum atomic E-state index is 11.2. The molecule has 23 heavy (non-hydrogen) atoms. The number of benzene rings is 2. The lowest BCUT2D eigenvalue weighted by Crippen LogP contribution is -1.99. The van der Waals surface area contributed by atoms with Gasteiger partial charge in [0.25, 0.3) is 0 Å². The van der Waals surface area contributed by atoms with Crippen LogP contribution in [-0.2, 0) is 0 Å². The third-order valence-corrected chi connectivity index (χ3v) is 3.33. The minimum Gasteiger partial charge on any atom is -0.507 e. The van der Waals surface area contributed by atoms with Crippen molar-refractivity contribution in [3.05, 3.63) is 52.4 Å². The van der Waals surface area contributed by atoms with Crippen LogP contribution in [0.4, 0.5) is 5.69 Å². The van der Waals surface area contributed by atoms with Crippen LogP contribution in [0.3, 0.4) is 0 Å². The maximum Gasteiger partial charge on any atom is 0.323 e. The van der Waals surface area contributed by atoms with E-state index in [-0.39, 0.29) is 11.4 Å². The second-order valence-electron chi connectivity index (χ2n) is 5.14. The molecule has 0 amide bonds. The second-order valence-corrected chi connectivity index (χ2v) is 5.14. The van der Waals surface area contributed by atoms with E-state index in [1.807, 2.05) is 6.92 Å². The highest BCUT2D eigenvalue weighted by atomic mass is 16.5. The number of ether oxygens (including phenoxy) is 1. The van der Waals surface area contributed by atoms with Gasteiger partial charge in [-0.05, 0) is 36.8 Å². The first-order valence-electron chi connectivity index (χ1n) is 7.37. The summed E-state index contributed by atoms with van der Waals surface area (Å²) in [4.78, 5) is 20.9. The van der Waals surface area contributed by atoms with Gasteiger partial charge in [0.05, 0.1) is 23.3 Å². The SMILES string of the molecule is CCCOc1ccc(C=Nc2ccc3[nH]c(=O)[nH]c3c2)c(O)c1. The number of hydrogen-bond acceptors (Lipinski definition) is 4. The fourth-order valence-corrected chi connectivity index (χ4v) is 2.19.